The van der Waals surface area contributed by atoms with E-state index in [2.05, 4.69) is 30.6 Å². The van der Waals surface area contributed by atoms with Gasteiger partial charge < -0.3 is 15.5 Å². The van der Waals surface area contributed by atoms with Crippen LogP contribution in [0, 0.1) is 0 Å². The lowest BCUT2D eigenvalue weighted by molar-refractivity contribution is -0.136. The molecule has 0 radical (unpaired) electrons. The molecule has 1 heterocycles. The summed E-state index contributed by atoms with van der Waals surface area (Å²) in [4.78, 5) is 19.3. The van der Waals surface area contributed by atoms with E-state index in [4.69, 9.17) is 5.73 Å². The summed E-state index contributed by atoms with van der Waals surface area (Å²) in [6.07, 6.45) is 3.44. The average molecular weight is 298 g/mol. The fourth-order valence-corrected chi connectivity index (χ4v) is 3.04. The van der Waals surface area contributed by atoms with E-state index in [-0.39, 0.29) is 11.9 Å². The molecule has 1 rings (SSSR count). The summed E-state index contributed by atoms with van der Waals surface area (Å²) < 4.78 is 0. The lowest BCUT2D eigenvalue weighted by Crippen LogP contribution is -2.48. The Morgan fingerprint density at radius 2 is 1.86 bits per heavy atom. The molecule has 1 unspecified atom stereocenters. The molecular weight excluding hydrogens is 264 g/mol. The SMILES string of the molecule is CCN(CC)C(=O)C(C)N1CCCN(CCCCN)CC1. The van der Waals surface area contributed by atoms with Crippen LogP contribution in [0.5, 0.6) is 0 Å². The van der Waals surface area contributed by atoms with Gasteiger partial charge in [-0.1, -0.05) is 0 Å². The highest BCUT2D eigenvalue weighted by molar-refractivity contribution is 5.81. The number of rotatable bonds is 8. The molecule has 1 saturated heterocycles. The van der Waals surface area contributed by atoms with Crippen molar-refractivity contribution in [2.45, 2.75) is 46.1 Å². The number of carbonyl (C=O) groups excluding carboxylic acids is 1. The fraction of sp³-hybridized carbons (Fsp3) is 0.938. The van der Waals surface area contributed by atoms with Crippen molar-refractivity contribution in [3.05, 3.63) is 0 Å². The van der Waals surface area contributed by atoms with Crippen LogP contribution < -0.4 is 5.73 Å². The van der Waals surface area contributed by atoms with Gasteiger partial charge in [-0.15, -0.1) is 0 Å². The highest BCUT2D eigenvalue weighted by atomic mass is 16.2. The number of carbonyl (C=O) groups is 1. The minimum Gasteiger partial charge on any atom is -0.342 e. The molecule has 5 nitrogen and oxygen atoms in total. The summed E-state index contributed by atoms with van der Waals surface area (Å²) in [5.41, 5.74) is 5.56. The van der Waals surface area contributed by atoms with E-state index in [0.717, 1.165) is 65.2 Å². The van der Waals surface area contributed by atoms with Crippen molar-refractivity contribution in [3.63, 3.8) is 0 Å². The van der Waals surface area contributed by atoms with Crippen molar-refractivity contribution in [1.29, 1.82) is 0 Å². The second-order valence-electron chi connectivity index (χ2n) is 5.91. The molecule has 0 bridgehead atoms. The molecule has 0 aromatic heterocycles. The Hall–Kier alpha value is -0.650. The van der Waals surface area contributed by atoms with E-state index in [0.29, 0.717) is 0 Å². The van der Waals surface area contributed by atoms with Gasteiger partial charge in [0, 0.05) is 32.7 Å². The molecule has 1 aliphatic rings. The van der Waals surface area contributed by atoms with E-state index in [1.54, 1.807) is 0 Å². The number of hydrogen-bond donors (Lipinski definition) is 1. The van der Waals surface area contributed by atoms with Gasteiger partial charge in [-0.3, -0.25) is 9.69 Å². The smallest absolute Gasteiger partial charge is 0.239 e. The number of hydrogen-bond acceptors (Lipinski definition) is 4. The van der Waals surface area contributed by atoms with Crippen LogP contribution in [0.1, 0.15) is 40.0 Å². The predicted octanol–water partition coefficient (Wildman–Crippen LogP) is 0.990. The van der Waals surface area contributed by atoms with E-state index in [1.165, 1.54) is 6.42 Å². The van der Waals surface area contributed by atoms with E-state index >= 15 is 0 Å². The molecule has 5 heteroatoms. The van der Waals surface area contributed by atoms with Crippen LogP contribution >= 0.6 is 0 Å². The zero-order valence-corrected chi connectivity index (χ0v) is 14.2. The van der Waals surface area contributed by atoms with Crippen molar-refractivity contribution in [1.82, 2.24) is 14.7 Å². The van der Waals surface area contributed by atoms with Gasteiger partial charge >= 0.3 is 0 Å². The maximum atomic E-state index is 12.5. The van der Waals surface area contributed by atoms with Crippen LogP contribution in [0.15, 0.2) is 0 Å². The Kier molecular flexibility index (Phi) is 8.88. The lowest BCUT2D eigenvalue weighted by atomic mass is 10.2. The van der Waals surface area contributed by atoms with Crippen molar-refractivity contribution in [2.24, 2.45) is 5.73 Å². The third kappa shape index (κ3) is 5.93. The molecule has 21 heavy (non-hydrogen) atoms. The van der Waals surface area contributed by atoms with E-state index < -0.39 is 0 Å². The first-order valence-electron chi connectivity index (χ1n) is 8.59. The van der Waals surface area contributed by atoms with Crippen LogP contribution in [0.2, 0.25) is 0 Å². The van der Waals surface area contributed by atoms with Crippen LogP contribution in [0.25, 0.3) is 0 Å². The minimum atomic E-state index is 0.00823. The van der Waals surface area contributed by atoms with Crippen LogP contribution in [0.4, 0.5) is 0 Å². The summed E-state index contributed by atoms with van der Waals surface area (Å²) in [6.45, 7) is 13.9. The maximum absolute atomic E-state index is 12.5. The van der Waals surface area contributed by atoms with Gasteiger partial charge in [0.15, 0.2) is 0 Å². The van der Waals surface area contributed by atoms with Crippen LogP contribution in [0.3, 0.4) is 0 Å². The zero-order chi connectivity index (χ0) is 15.7. The second kappa shape index (κ2) is 10.1. The van der Waals surface area contributed by atoms with Crippen LogP contribution in [-0.4, -0.2) is 79.0 Å². The Bertz CT molecular complexity index is 294. The maximum Gasteiger partial charge on any atom is 0.239 e. The number of amides is 1. The highest BCUT2D eigenvalue weighted by Gasteiger charge is 2.26. The molecular formula is C16H34N4O. The third-order valence-electron chi connectivity index (χ3n) is 4.53. The molecule has 1 aliphatic heterocycles. The number of nitrogens with two attached hydrogens (primary N) is 1. The molecule has 0 saturated carbocycles. The Morgan fingerprint density at radius 1 is 1.14 bits per heavy atom. The number of likely N-dealkylation sites (N-methyl/N-ethyl adjacent to an activating group) is 1. The summed E-state index contributed by atoms with van der Waals surface area (Å²) in [7, 11) is 0. The van der Waals surface area contributed by atoms with Gasteiger partial charge in [-0.2, -0.15) is 0 Å². The number of nitrogens with zero attached hydrogens (tertiary/aromatic N) is 3. The summed E-state index contributed by atoms with van der Waals surface area (Å²) in [5.74, 6) is 0.275. The molecule has 1 amide bonds. The zero-order valence-electron chi connectivity index (χ0n) is 14.2. The Balaban J connectivity index is 2.44. The first kappa shape index (κ1) is 18.4. The van der Waals surface area contributed by atoms with Crippen molar-refractivity contribution in [2.75, 3.05) is 52.4 Å². The van der Waals surface area contributed by atoms with Crippen molar-refractivity contribution < 1.29 is 4.79 Å². The van der Waals surface area contributed by atoms with E-state index in [1.807, 2.05) is 4.90 Å². The first-order chi connectivity index (χ1) is 10.1. The quantitative estimate of drug-likeness (QED) is 0.679. The number of unbranched alkanes of at least 4 members (excludes halogenated alkanes) is 1. The predicted molar refractivity (Wildman–Crippen MR) is 88.3 cm³/mol. The molecule has 0 aromatic carbocycles. The third-order valence-corrected chi connectivity index (χ3v) is 4.53. The van der Waals surface area contributed by atoms with Gasteiger partial charge in [-0.05, 0) is 59.7 Å². The normalized spacial score (nSPS) is 19.2. The van der Waals surface area contributed by atoms with Crippen molar-refractivity contribution >= 4 is 5.91 Å². The van der Waals surface area contributed by atoms with Crippen molar-refractivity contribution in [3.8, 4) is 0 Å². The van der Waals surface area contributed by atoms with Gasteiger partial charge in [0.05, 0.1) is 6.04 Å². The van der Waals surface area contributed by atoms with Crippen LogP contribution in [-0.2, 0) is 4.79 Å². The Labute approximate surface area is 130 Å². The lowest BCUT2D eigenvalue weighted by Gasteiger charge is -2.31. The molecule has 0 aliphatic carbocycles. The molecule has 0 aromatic rings. The summed E-state index contributed by atoms with van der Waals surface area (Å²) in [5, 5.41) is 0. The Morgan fingerprint density at radius 3 is 2.48 bits per heavy atom. The standard InChI is InChI=1S/C16H34N4O/c1-4-19(5-2)16(21)15(3)20-12-8-11-18(13-14-20)10-7-6-9-17/h15H,4-14,17H2,1-3H3. The average Bonchev–Trinajstić information content (AvgIpc) is 2.73. The first-order valence-corrected chi connectivity index (χ1v) is 8.59. The van der Waals surface area contributed by atoms with Gasteiger partial charge in [0.1, 0.15) is 0 Å². The second-order valence-corrected chi connectivity index (χ2v) is 5.91. The monoisotopic (exact) mass is 298 g/mol. The van der Waals surface area contributed by atoms with Gasteiger partial charge in [0.2, 0.25) is 5.91 Å². The molecule has 2 N–H and O–H groups in total. The minimum absolute atomic E-state index is 0.00823. The van der Waals surface area contributed by atoms with Gasteiger partial charge in [0.25, 0.3) is 0 Å². The van der Waals surface area contributed by atoms with Gasteiger partial charge in [-0.25, -0.2) is 0 Å². The highest BCUT2D eigenvalue weighted by Crippen LogP contribution is 2.10. The molecule has 1 fully saturated rings. The summed E-state index contributed by atoms with van der Waals surface area (Å²) in [6, 6.07) is 0.00823. The molecule has 124 valence electrons. The largest absolute Gasteiger partial charge is 0.342 e. The molecule has 0 spiro atoms. The fourth-order valence-electron chi connectivity index (χ4n) is 3.04. The topological polar surface area (TPSA) is 52.8 Å². The molecule has 1 atom stereocenters. The van der Waals surface area contributed by atoms with E-state index in [9.17, 15) is 4.79 Å². The summed E-state index contributed by atoms with van der Waals surface area (Å²) >= 11 is 0.